The standard InChI is InChI=1S/C14H32BP/c1-5-9-12-16(15-8-4,13-10-6-2)14-11-7-3/h5-14H2,1-4H3. The molecular weight excluding hydrogens is 210 g/mol. The highest BCUT2D eigenvalue weighted by atomic mass is 31.2. The first-order valence-electron chi connectivity index (χ1n) is 7.44. The number of hydrogen-bond acceptors (Lipinski definition) is 0. The SMILES string of the molecule is CC[B-][P+](CCCC)(CCCC)CCCC. The zero-order valence-electron chi connectivity index (χ0n) is 12.1. The van der Waals surface area contributed by atoms with Crippen molar-refractivity contribution in [2.45, 2.75) is 72.5 Å². The van der Waals surface area contributed by atoms with Crippen LogP contribution in [0.15, 0.2) is 0 Å². The van der Waals surface area contributed by atoms with Crippen LogP contribution in [0, 0.1) is 0 Å². The molecule has 16 heavy (non-hydrogen) atoms. The van der Waals surface area contributed by atoms with Crippen LogP contribution >= 0.6 is 7.14 Å². The van der Waals surface area contributed by atoms with Gasteiger partial charge in [0.2, 0.25) is 0 Å². The molecule has 0 aromatic heterocycles. The van der Waals surface area contributed by atoms with Crippen molar-refractivity contribution in [2.24, 2.45) is 0 Å². The minimum absolute atomic E-state index is 0.671. The molecule has 0 amide bonds. The molecule has 0 nitrogen and oxygen atoms in total. The van der Waals surface area contributed by atoms with Gasteiger partial charge in [0.25, 0.3) is 0 Å². The Labute approximate surface area is 106 Å². The van der Waals surface area contributed by atoms with Crippen molar-refractivity contribution >= 4 is 14.1 Å². The zero-order chi connectivity index (χ0) is 12.3. The van der Waals surface area contributed by atoms with Gasteiger partial charge in [0.1, 0.15) is 0 Å². The van der Waals surface area contributed by atoms with Crippen LogP contribution in [0.3, 0.4) is 0 Å². The predicted octanol–water partition coefficient (Wildman–Crippen LogP) is 5.46. The summed E-state index contributed by atoms with van der Waals surface area (Å²) in [5, 5.41) is 0. The summed E-state index contributed by atoms with van der Waals surface area (Å²) in [6.07, 6.45) is 14.4. The van der Waals surface area contributed by atoms with Crippen molar-refractivity contribution in [3.8, 4) is 0 Å². The van der Waals surface area contributed by atoms with Gasteiger partial charge in [-0.05, 0) is 19.3 Å². The first kappa shape index (κ1) is 16.5. The van der Waals surface area contributed by atoms with Gasteiger partial charge in [-0.2, -0.15) is 6.32 Å². The lowest BCUT2D eigenvalue weighted by atomic mass is 10.1. The van der Waals surface area contributed by atoms with Gasteiger partial charge >= 0.3 is 0 Å². The lowest BCUT2D eigenvalue weighted by Crippen LogP contribution is -2.14. The Hall–Kier alpha value is 0.495. The lowest BCUT2D eigenvalue weighted by molar-refractivity contribution is 0.843. The smallest absolute Gasteiger partial charge is 0.0145 e. The molecule has 0 aliphatic carbocycles. The molecule has 0 aromatic rings. The quantitative estimate of drug-likeness (QED) is 0.333. The van der Waals surface area contributed by atoms with E-state index in [0.717, 1.165) is 0 Å². The molecule has 0 rings (SSSR count). The molecule has 0 fully saturated rings. The Morgan fingerprint density at radius 3 is 1.31 bits per heavy atom. The molecule has 0 spiro atoms. The number of unbranched alkanes of at least 4 members (excludes halogenated alkanes) is 3. The Balaban J connectivity index is 4.32. The highest BCUT2D eigenvalue weighted by molar-refractivity contribution is 8.00. The Bertz CT molecular complexity index is 126. The van der Waals surface area contributed by atoms with E-state index in [9.17, 15) is 0 Å². The minimum Gasteiger partial charge on any atom is -0.211 e. The van der Waals surface area contributed by atoms with Gasteiger partial charge in [-0.15, -0.1) is 0 Å². The van der Waals surface area contributed by atoms with Crippen LogP contribution in [0.5, 0.6) is 0 Å². The van der Waals surface area contributed by atoms with E-state index in [4.69, 9.17) is 0 Å². The van der Waals surface area contributed by atoms with Crippen molar-refractivity contribution in [2.75, 3.05) is 18.5 Å². The summed E-state index contributed by atoms with van der Waals surface area (Å²) in [7, 11) is -0.671. The van der Waals surface area contributed by atoms with Crippen molar-refractivity contribution in [3.63, 3.8) is 0 Å². The molecule has 0 aliphatic heterocycles. The minimum atomic E-state index is -0.671. The molecule has 0 heterocycles. The first-order valence-corrected chi connectivity index (χ1v) is 9.86. The topological polar surface area (TPSA) is 0 Å². The fraction of sp³-hybridized carbons (Fsp3) is 1.00. The van der Waals surface area contributed by atoms with Gasteiger partial charge in [-0.1, -0.05) is 54.0 Å². The molecule has 0 bridgehead atoms. The molecule has 2 radical (unpaired) electrons. The van der Waals surface area contributed by atoms with E-state index in [1.807, 2.05) is 0 Å². The van der Waals surface area contributed by atoms with Crippen LogP contribution in [-0.2, 0) is 0 Å². The third-order valence-corrected chi connectivity index (χ3v) is 8.20. The van der Waals surface area contributed by atoms with Gasteiger partial charge in [0.15, 0.2) is 0 Å². The normalized spacial score (nSPS) is 12.0. The fourth-order valence-corrected chi connectivity index (χ4v) is 7.25. The average Bonchev–Trinajstić information content (AvgIpc) is 2.31. The van der Waals surface area contributed by atoms with Gasteiger partial charge in [0.05, 0.1) is 0 Å². The second-order valence-electron chi connectivity index (χ2n) is 5.04. The Morgan fingerprint density at radius 1 is 0.688 bits per heavy atom. The molecule has 96 valence electrons. The average molecular weight is 242 g/mol. The van der Waals surface area contributed by atoms with E-state index < -0.39 is 7.14 Å². The van der Waals surface area contributed by atoms with Crippen LogP contribution in [0.25, 0.3) is 0 Å². The zero-order valence-corrected chi connectivity index (χ0v) is 13.0. The highest BCUT2D eigenvalue weighted by Crippen LogP contribution is 2.59. The van der Waals surface area contributed by atoms with Crippen LogP contribution in [0.2, 0.25) is 6.32 Å². The van der Waals surface area contributed by atoms with Crippen LogP contribution in [0.1, 0.15) is 66.2 Å². The van der Waals surface area contributed by atoms with E-state index in [2.05, 4.69) is 34.7 Å². The lowest BCUT2D eigenvalue weighted by Gasteiger charge is -2.39. The molecule has 0 saturated heterocycles. The maximum absolute atomic E-state index is 2.74. The summed E-state index contributed by atoms with van der Waals surface area (Å²) in [5.41, 5.74) is 0. The Morgan fingerprint density at radius 2 is 1.06 bits per heavy atom. The highest BCUT2D eigenvalue weighted by Gasteiger charge is 2.22. The second-order valence-corrected chi connectivity index (χ2v) is 9.18. The van der Waals surface area contributed by atoms with Crippen LogP contribution in [-0.4, -0.2) is 25.5 Å². The maximum Gasteiger partial charge on any atom is 0.0145 e. The van der Waals surface area contributed by atoms with Gasteiger partial charge in [-0.3, -0.25) is 0 Å². The summed E-state index contributed by atoms with van der Waals surface area (Å²) in [4.78, 5) is 0. The number of rotatable bonds is 11. The first-order chi connectivity index (χ1) is 7.74. The van der Waals surface area contributed by atoms with Gasteiger partial charge < -0.3 is 0 Å². The van der Waals surface area contributed by atoms with E-state index >= 15 is 0 Å². The van der Waals surface area contributed by atoms with Crippen molar-refractivity contribution < 1.29 is 0 Å². The van der Waals surface area contributed by atoms with Crippen molar-refractivity contribution in [1.29, 1.82) is 0 Å². The third-order valence-electron chi connectivity index (χ3n) is 3.44. The monoisotopic (exact) mass is 242 g/mol. The van der Waals surface area contributed by atoms with E-state index in [0.29, 0.717) is 0 Å². The Kier molecular flexibility index (Phi) is 11.0. The molecule has 0 saturated carbocycles. The van der Waals surface area contributed by atoms with E-state index in [1.165, 1.54) is 63.3 Å². The largest absolute Gasteiger partial charge is 0.211 e. The third kappa shape index (κ3) is 6.95. The summed E-state index contributed by atoms with van der Waals surface area (Å²) in [5.74, 6) is 0. The van der Waals surface area contributed by atoms with Crippen LogP contribution < -0.4 is 0 Å². The molecule has 0 N–H and O–H groups in total. The maximum atomic E-state index is 2.74. The molecule has 0 unspecified atom stereocenters. The number of hydrogen-bond donors (Lipinski definition) is 0. The van der Waals surface area contributed by atoms with Crippen molar-refractivity contribution in [3.05, 3.63) is 0 Å². The summed E-state index contributed by atoms with van der Waals surface area (Å²) >= 11 is 0. The molecule has 0 atom stereocenters. The van der Waals surface area contributed by atoms with E-state index in [1.54, 1.807) is 0 Å². The van der Waals surface area contributed by atoms with Gasteiger partial charge in [-0.25, -0.2) is 7.14 Å². The molecule has 0 aliphatic rings. The molecular formula is C14H32BP. The second kappa shape index (κ2) is 10.6. The molecule has 2 heteroatoms. The summed E-state index contributed by atoms with van der Waals surface area (Å²) < 4.78 is 0. The van der Waals surface area contributed by atoms with E-state index in [-0.39, 0.29) is 0 Å². The van der Waals surface area contributed by atoms with Crippen molar-refractivity contribution in [1.82, 2.24) is 0 Å². The molecule has 0 aromatic carbocycles. The summed E-state index contributed by atoms with van der Waals surface area (Å²) in [6, 6.07) is 0. The van der Waals surface area contributed by atoms with Gasteiger partial charge in [0, 0.05) is 18.5 Å². The fourth-order valence-electron chi connectivity index (χ4n) is 2.42. The van der Waals surface area contributed by atoms with Crippen LogP contribution in [0.4, 0.5) is 0 Å². The predicted molar refractivity (Wildman–Crippen MR) is 82.5 cm³/mol. The summed E-state index contributed by atoms with van der Waals surface area (Å²) in [6.45, 7) is 12.1.